The highest BCUT2D eigenvalue weighted by Crippen LogP contribution is 2.51. The first-order valence-electron chi connectivity index (χ1n) is 21.1. The highest BCUT2D eigenvalue weighted by Gasteiger charge is 2.52. The van der Waals surface area contributed by atoms with E-state index in [9.17, 15) is 43.0 Å². The third kappa shape index (κ3) is 17.2. The van der Waals surface area contributed by atoms with E-state index in [0.717, 1.165) is 32.6 Å². The lowest BCUT2D eigenvalue weighted by Crippen LogP contribution is -2.66. The van der Waals surface area contributed by atoms with E-state index in [1.165, 1.54) is 24.6 Å². The van der Waals surface area contributed by atoms with Crippen molar-refractivity contribution < 1.29 is 75.8 Å². The molecular weight excluding hydrogens is 914 g/mol. The number of nitrogens with one attached hydrogen (secondary N) is 4. The molecule has 5 N–H and O–H groups in total. The fourth-order valence-corrected chi connectivity index (χ4v) is 8.85. The van der Waals surface area contributed by atoms with Gasteiger partial charge in [-0.3, -0.25) is 38.1 Å². The molecule has 1 aromatic carbocycles. The smallest absolute Gasteiger partial charge is 0.463 e. The van der Waals surface area contributed by atoms with Crippen molar-refractivity contribution in [3.8, 4) is 0 Å². The minimum atomic E-state index is -4.18. The Labute approximate surface area is 385 Å². The van der Waals surface area contributed by atoms with E-state index in [4.69, 9.17) is 54.6 Å². The van der Waals surface area contributed by atoms with Crippen molar-refractivity contribution >= 4 is 54.9 Å². The van der Waals surface area contributed by atoms with Crippen molar-refractivity contribution in [3.05, 3.63) is 69.0 Å². The number of carbonyl (C=O) groups excluding carboxylic acids is 5. The minimum absolute atomic E-state index is 0.0541. The van der Waals surface area contributed by atoms with Gasteiger partial charge in [0.25, 0.3) is 5.56 Å². The quantitative estimate of drug-likeness (QED) is 0.0347. The fourth-order valence-electron chi connectivity index (χ4n) is 7.45. The van der Waals surface area contributed by atoms with Gasteiger partial charge in [0.1, 0.15) is 38.2 Å². The molecule has 0 spiro atoms. The molecule has 2 aliphatic rings. The molecule has 2 aliphatic heterocycles. The van der Waals surface area contributed by atoms with Gasteiger partial charge in [-0.25, -0.2) is 9.59 Å². The number of aromatic amines is 1. The van der Waals surface area contributed by atoms with Gasteiger partial charge >= 0.3 is 37.3 Å². The Balaban J connectivity index is 1.32. The number of amides is 1. The average Bonchev–Trinajstić information content (AvgIpc) is 3.58. The molecule has 0 saturated carbocycles. The van der Waals surface area contributed by atoms with Crippen LogP contribution in [-0.4, -0.2) is 132 Å². The molecule has 2 unspecified atom stereocenters. The maximum atomic E-state index is 13.0. The van der Waals surface area contributed by atoms with E-state index in [-0.39, 0.29) is 26.4 Å². The molecule has 2 fully saturated rings. The molecule has 2 saturated heterocycles. The van der Waals surface area contributed by atoms with Crippen LogP contribution in [0.2, 0.25) is 0 Å². The zero-order chi connectivity index (χ0) is 48.4. The maximum Gasteiger partial charge on any atom is 0.508 e. The van der Waals surface area contributed by atoms with E-state index in [0.29, 0.717) is 43.9 Å². The molecule has 1 amide bonds. The van der Waals surface area contributed by atoms with Crippen LogP contribution in [0.1, 0.15) is 65.2 Å². The van der Waals surface area contributed by atoms with Crippen molar-refractivity contribution in [1.82, 2.24) is 25.5 Å². The first kappa shape index (κ1) is 53.4. The number of thiocarbonyl (C=S) groups is 1. The van der Waals surface area contributed by atoms with Gasteiger partial charge < -0.3 is 63.3 Å². The maximum absolute atomic E-state index is 13.0. The van der Waals surface area contributed by atoms with Gasteiger partial charge in [-0.05, 0) is 43.5 Å². The van der Waals surface area contributed by atoms with Crippen LogP contribution in [0.5, 0.6) is 0 Å². The summed E-state index contributed by atoms with van der Waals surface area (Å²) >= 11 is 5.47. The Kier molecular flexibility index (Phi) is 21.2. The lowest BCUT2D eigenvalue weighted by Gasteiger charge is -2.44. The normalized spacial score (nSPS) is 24.5. The van der Waals surface area contributed by atoms with Crippen LogP contribution in [0.25, 0.3) is 0 Å². The zero-order valence-corrected chi connectivity index (χ0v) is 38.9. The number of aromatic nitrogens is 2. The summed E-state index contributed by atoms with van der Waals surface area (Å²) in [6.45, 7) is 4.75. The molecular formula is C41H58N5O18PS. The Morgan fingerprint density at radius 1 is 0.833 bits per heavy atom. The third-order valence-corrected chi connectivity index (χ3v) is 12.1. The second-order valence-corrected chi connectivity index (χ2v) is 17.8. The number of unbranched alkanes of at least 4 members (excludes halogenated alkanes) is 1. The van der Waals surface area contributed by atoms with Gasteiger partial charge in [0.05, 0.1) is 12.3 Å². The molecule has 366 valence electrons. The van der Waals surface area contributed by atoms with Crippen LogP contribution < -0.4 is 27.2 Å². The predicted octanol–water partition coefficient (Wildman–Crippen LogP) is 1.55. The SMILES string of the molecule is COP(=O)(O)CC1[C@@H](COC(=O)OCc2ccccc2)O[C@@H](n2ccc(=O)[nH]c2=O)[C@H]1CCCNC(=S)NCCCCO[C@@H]1O[C@H](COC(C)=O)[C@H](OC(C)=O)[C@H](OC(C)=O)[C@H]1NC(C)=O. The first-order chi connectivity index (χ1) is 31.4. The topological polar surface area (TPSA) is 297 Å². The van der Waals surface area contributed by atoms with E-state index in [1.807, 2.05) is 6.07 Å². The molecule has 23 nitrogen and oxygen atoms in total. The summed E-state index contributed by atoms with van der Waals surface area (Å²) in [5.74, 6) is -3.98. The summed E-state index contributed by atoms with van der Waals surface area (Å²) in [6, 6.07) is 8.97. The standard InChI is InChI=1S/C41H58N5O18PS/c1-24(47)44-34-36(62-27(4)50)35(61-26(3)49)32(22-58-25(2)48)64-38(34)57-19-10-9-16-42-39(66)43-17-11-14-29-30(23-65(54,55)56-5)31(63-37(29)46-18-15-33(51)45-40(46)52)21-60-41(53)59-20-28-12-7-6-8-13-28/h6-8,12-13,15,18,29-32,34-38H,9-11,14,16-17,19-23H2,1-5H3,(H,44,47)(H,54,55)(H2,42,43,66)(H,45,51,52)/t29-,30?,31+,32+,34+,35-,36+,37+,38+/m0/s1. The molecule has 66 heavy (non-hydrogen) atoms. The number of nitrogens with zero attached hydrogens (tertiary/aromatic N) is 1. The van der Waals surface area contributed by atoms with Gasteiger partial charge in [0.2, 0.25) is 5.91 Å². The van der Waals surface area contributed by atoms with Crippen LogP contribution >= 0.6 is 19.8 Å². The Bertz CT molecular complexity index is 2130. The minimum Gasteiger partial charge on any atom is -0.463 e. The number of H-pyrrole nitrogens is 1. The van der Waals surface area contributed by atoms with Gasteiger partial charge in [-0.1, -0.05) is 30.3 Å². The van der Waals surface area contributed by atoms with Gasteiger partial charge in [-0.15, -0.1) is 0 Å². The average molecular weight is 972 g/mol. The Morgan fingerprint density at radius 3 is 2.14 bits per heavy atom. The highest BCUT2D eigenvalue weighted by atomic mass is 32.1. The largest absolute Gasteiger partial charge is 0.508 e. The summed E-state index contributed by atoms with van der Waals surface area (Å²) in [5, 5.41) is 9.16. The third-order valence-electron chi connectivity index (χ3n) is 10.3. The molecule has 25 heteroatoms. The highest BCUT2D eigenvalue weighted by molar-refractivity contribution is 7.80. The summed E-state index contributed by atoms with van der Waals surface area (Å²) < 4.78 is 63.9. The number of benzene rings is 1. The molecule has 0 bridgehead atoms. The van der Waals surface area contributed by atoms with Crippen molar-refractivity contribution in [1.29, 1.82) is 0 Å². The Hall–Kier alpha value is -5.23. The second-order valence-electron chi connectivity index (χ2n) is 15.4. The molecule has 4 rings (SSSR count). The van der Waals surface area contributed by atoms with Gasteiger partial charge in [-0.2, -0.15) is 0 Å². The summed E-state index contributed by atoms with van der Waals surface area (Å²) in [6.07, 6.45) is -5.20. The number of hydrogen-bond acceptors (Lipinski definition) is 18. The fraction of sp³-hybridized carbons (Fsp3) is 0.610. The van der Waals surface area contributed by atoms with Crippen molar-refractivity contribution in [3.63, 3.8) is 0 Å². The Morgan fingerprint density at radius 2 is 1.50 bits per heavy atom. The van der Waals surface area contributed by atoms with Crippen LogP contribution in [0.15, 0.2) is 52.2 Å². The van der Waals surface area contributed by atoms with Crippen LogP contribution in [0.4, 0.5) is 4.79 Å². The number of hydrogen-bond donors (Lipinski definition) is 5. The summed E-state index contributed by atoms with van der Waals surface area (Å²) in [7, 11) is -3.08. The van der Waals surface area contributed by atoms with Crippen molar-refractivity contribution in [2.45, 2.75) is 103 Å². The van der Waals surface area contributed by atoms with Crippen LogP contribution in [0.3, 0.4) is 0 Å². The molecule has 0 aliphatic carbocycles. The lowest BCUT2D eigenvalue weighted by atomic mass is 9.87. The number of rotatable bonds is 23. The molecule has 0 radical (unpaired) electrons. The van der Waals surface area contributed by atoms with E-state index in [1.54, 1.807) is 24.3 Å². The van der Waals surface area contributed by atoms with Crippen LogP contribution in [0, 0.1) is 11.8 Å². The van der Waals surface area contributed by atoms with E-state index >= 15 is 0 Å². The second kappa shape index (κ2) is 26.2. The number of carbonyl (C=O) groups is 5. The van der Waals surface area contributed by atoms with Gasteiger partial charge in [0, 0.05) is 78.6 Å². The van der Waals surface area contributed by atoms with E-state index < -0.39 is 110 Å². The first-order valence-corrected chi connectivity index (χ1v) is 23.3. The summed E-state index contributed by atoms with van der Waals surface area (Å²) in [5.41, 5.74) is -0.675. The lowest BCUT2D eigenvalue weighted by molar-refractivity contribution is -0.277. The molecule has 3 heterocycles. The number of esters is 3. The summed E-state index contributed by atoms with van der Waals surface area (Å²) in [4.78, 5) is 98.1. The molecule has 2 aromatic rings. The molecule has 10 atom stereocenters. The van der Waals surface area contributed by atoms with Crippen LogP contribution in [-0.2, 0) is 72.8 Å². The van der Waals surface area contributed by atoms with Crippen molar-refractivity contribution in [2.24, 2.45) is 11.8 Å². The predicted molar refractivity (Wildman–Crippen MR) is 234 cm³/mol. The van der Waals surface area contributed by atoms with Crippen molar-refractivity contribution in [2.75, 3.05) is 46.2 Å². The monoisotopic (exact) mass is 971 g/mol. The van der Waals surface area contributed by atoms with Gasteiger partial charge in [0.15, 0.2) is 23.6 Å². The number of ether oxygens (including phenoxy) is 8. The zero-order valence-electron chi connectivity index (χ0n) is 37.2. The molecule has 1 aromatic heterocycles. The van der Waals surface area contributed by atoms with E-state index in [2.05, 4.69) is 20.9 Å².